The van der Waals surface area contributed by atoms with Gasteiger partial charge in [-0.15, -0.1) is 0 Å². The molecule has 4 heteroatoms. The van der Waals surface area contributed by atoms with Crippen LogP contribution in [0.4, 0.5) is 5.82 Å². The first kappa shape index (κ1) is 12.5. The first-order valence-corrected chi connectivity index (χ1v) is 5.90. The molecule has 0 bridgehead atoms. The molecule has 4 nitrogen and oxygen atoms in total. The summed E-state index contributed by atoms with van der Waals surface area (Å²) in [5.41, 5.74) is 11.3. The standard InChI is InChI=1S/C14H19N3O/c1-8-6-9(2)13(18-5)11(7-8)12-10(3)16-17(4)14(12)15/h6-7H,15H2,1-5H3. The number of aromatic nitrogens is 2. The van der Waals surface area contributed by atoms with Gasteiger partial charge in [0.2, 0.25) is 0 Å². The van der Waals surface area contributed by atoms with Crippen molar-refractivity contribution in [2.75, 3.05) is 12.8 Å². The van der Waals surface area contributed by atoms with Gasteiger partial charge in [-0.05, 0) is 38.0 Å². The monoisotopic (exact) mass is 245 g/mol. The molecule has 0 aliphatic carbocycles. The summed E-state index contributed by atoms with van der Waals surface area (Å²) in [6.07, 6.45) is 0. The average molecular weight is 245 g/mol. The van der Waals surface area contributed by atoms with Gasteiger partial charge in [0, 0.05) is 12.6 Å². The lowest BCUT2D eigenvalue weighted by Gasteiger charge is -2.13. The zero-order valence-corrected chi connectivity index (χ0v) is 11.5. The van der Waals surface area contributed by atoms with Crippen molar-refractivity contribution in [2.45, 2.75) is 20.8 Å². The second-order valence-corrected chi connectivity index (χ2v) is 4.63. The van der Waals surface area contributed by atoms with Gasteiger partial charge < -0.3 is 10.5 Å². The highest BCUT2D eigenvalue weighted by atomic mass is 16.5. The highest BCUT2D eigenvalue weighted by Gasteiger charge is 2.18. The van der Waals surface area contributed by atoms with Crippen LogP contribution in [0.15, 0.2) is 12.1 Å². The summed E-state index contributed by atoms with van der Waals surface area (Å²) in [6.45, 7) is 6.07. The van der Waals surface area contributed by atoms with Crippen molar-refractivity contribution in [3.05, 3.63) is 29.0 Å². The third-order valence-electron chi connectivity index (χ3n) is 3.16. The maximum Gasteiger partial charge on any atom is 0.129 e. The molecule has 0 spiro atoms. The Morgan fingerprint density at radius 3 is 2.39 bits per heavy atom. The van der Waals surface area contributed by atoms with E-state index in [1.54, 1.807) is 11.8 Å². The molecule has 0 aliphatic rings. The molecule has 0 radical (unpaired) electrons. The molecule has 2 N–H and O–H groups in total. The molecule has 0 fully saturated rings. The Morgan fingerprint density at radius 1 is 1.22 bits per heavy atom. The second kappa shape index (κ2) is 4.37. The van der Waals surface area contributed by atoms with Gasteiger partial charge in [0.15, 0.2) is 0 Å². The SMILES string of the molecule is COc1c(C)cc(C)cc1-c1c(C)nn(C)c1N. The fourth-order valence-corrected chi connectivity index (χ4v) is 2.42. The molecule has 0 saturated carbocycles. The van der Waals surface area contributed by atoms with E-state index in [2.05, 4.69) is 24.2 Å². The predicted molar refractivity (Wildman–Crippen MR) is 73.8 cm³/mol. The number of rotatable bonds is 2. The van der Waals surface area contributed by atoms with E-state index in [1.165, 1.54) is 5.56 Å². The van der Waals surface area contributed by atoms with Crippen LogP contribution in [0.5, 0.6) is 5.75 Å². The van der Waals surface area contributed by atoms with Crippen molar-refractivity contribution < 1.29 is 4.74 Å². The van der Waals surface area contributed by atoms with E-state index in [-0.39, 0.29) is 0 Å². The van der Waals surface area contributed by atoms with E-state index in [1.807, 2.05) is 20.9 Å². The van der Waals surface area contributed by atoms with E-state index in [9.17, 15) is 0 Å². The molecule has 2 aromatic rings. The average Bonchev–Trinajstić information content (AvgIpc) is 2.52. The van der Waals surface area contributed by atoms with Gasteiger partial charge >= 0.3 is 0 Å². The number of nitrogens with zero attached hydrogens (tertiary/aromatic N) is 2. The first-order valence-electron chi connectivity index (χ1n) is 5.90. The molecule has 1 heterocycles. The van der Waals surface area contributed by atoms with Gasteiger partial charge in [0.05, 0.1) is 18.4 Å². The topological polar surface area (TPSA) is 53.1 Å². The van der Waals surface area contributed by atoms with Crippen molar-refractivity contribution in [1.29, 1.82) is 0 Å². The van der Waals surface area contributed by atoms with Gasteiger partial charge in [0.25, 0.3) is 0 Å². The highest BCUT2D eigenvalue weighted by molar-refractivity contribution is 5.82. The Bertz CT molecular complexity index is 600. The molecule has 2 rings (SSSR count). The number of hydrogen-bond donors (Lipinski definition) is 1. The lowest BCUT2D eigenvalue weighted by Crippen LogP contribution is -1.99. The molecule has 18 heavy (non-hydrogen) atoms. The maximum absolute atomic E-state index is 6.10. The number of nitrogens with two attached hydrogens (primary N) is 1. The Hall–Kier alpha value is -1.97. The van der Waals surface area contributed by atoms with Crippen molar-refractivity contribution in [2.24, 2.45) is 7.05 Å². The van der Waals surface area contributed by atoms with Gasteiger partial charge in [-0.2, -0.15) is 5.10 Å². The molecule has 0 unspecified atom stereocenters. The summed E-state index contributed by atoms with van der Waals surface area (Å²) in [7, 11) is 3.53. The molecule has 0 aliphatic heterocycles. The van der Waals surface area contributed by atoms with Gasteiger partial charge in [-0.3, -0.25) is 4.68 Å². The predicted octanol–water partition coefficient (Wildman–Crippen LogP) is 2.60. The molecule has 96 valence electrons. The number of benzene rings is 1. The number of anilines is 1. The minimum absolute atomic E-state index is 0.663. The Morgan fingerprint density at radius 2 is 1.89 bits per heavy atom. The van der Waals surface area contributed by atoms with Crippen LogP contribution >= 0.6 is 0 Å². The van der Waals surface area contributed by atoms with Crippen LogP contribution in [0.3, 0.4) is 0 Å². The number of methoxy groups -OCH3 is 1. The number of ether oxygens (including phenoxy) is 1. The second-order valence-electron chi connectivity index (χ2n) is 4.63. The molecule has 1 aromatic carbocycles. The summed E-state index contributed by atoms with van der Waals surface area (Å²) in [4.78, 5) is 0. The number of hydrogen-bond acceptors (Lipinski definition) is 3. The van der Waals surface area contributed by atoms with Gasteiger partial charge in [-0.25, -0.2) is 0 Å². The van der Waals surface area contributed by atoms with Crippen LogP contribution in [0.1, 0.15) is 16.8 Å². The summed E-state index contributed by atoms with van der Waals surface area (Å²) in [5.74, 6) is 1.53. The van der Waals surface area contributed by atoms with Crippen LogP contribution in [-0.2, 0) is 7.05 Å². The van der Waals surface area contributed by atoms with E-state index in [0.717, 1.165) is 28.1 Å². The van der Waals surface area contributed by atoms with Crippen LogP contribution in [0.25, 0.3) is 11.1 Å². The quantitative estimate of drug-likeness (QED) is 0.884. The molecular weight excluding hydrogens is 226 g/mol. The Labute approximate surface area is 107 Å². The van der Waals surface area contributed by atoms with Crippen molar-refractivity contribution in [3.8, 4) is 16.9 Å². The minimum atomic E-state index is 0.663. The highest BCUT2D eigenvalue weighted by Crippen LogP contribution is 2.38. The summed E-state index contributed by atoms with van der Waals surface area (Å²) in [5, 5.41) is 4.36. The number of nitrogen functional groups attached to an aromatic ring is 1. The van der Waals surface area contributed by atoms with Crippen molar-refractivity contribution in [1.82, 2.24) is 9.78 Å². The van der Waals surface area contributed by atoms with Gasteiger partial charge in [-0.1, -0.05) is 6.07 Å². The van der Waals surface area contributed by atoms with E-state index < -0.39 is 0 Å². The summed E-state index contributed by atoms with van der Waals surface area (Å²) < 4.78 is 7.21. The van der Waals surface area contributed by atoms with Crippen LogP contribution < -0.4 is 10.5 Å². The van der Waals surface area contributed by atoms with Gasteiger partial charge in [0.1, 0.15) is 11.6 Å². The zero-order valence-electron chi connectivity index (χ0n) is 11.5. The minimum Gasteiger partial charge on any atom is -0.496 e. The normalized spacial score (nSPS) is 10.7. The third kappa shape index (κ3) is 1.83. The molecule has 1 aromatic heterocycles. The van der Waals surface area contributed by atoms with Crippen molar-refractivity contribution >= 4 is 5.82 Å². The first-order chi connectivity index (χ1) is 8.45. The van der Waals surface area contributed by atoms with Crippen LogP contribution in [0.2, 0.25) is 0 Å². The zero-order chi connectivity index (χ0) is 13.4. The smallest absolute Gasteiger partial charge is 0.129 e. The summed E-state index contributed by atoms with van der Waals surface area (Å²) in [6, 6.07) is 4.19. The third-order valence-corrected chi connectivity index (χ3v) is 3.16. The van der Waals surface area contributed by atoms with E-state index in [4.69, 9.17) is 10.5 Å². The van der Waals surface area contributed by atoms with Crippen molar-refractivity contribution in [3.63, 3.8) is 0 Å². The van der Waals surface area contributed by atoms with Crippen LogP contribution in [0, 0.1) is 20.8 Å². The fraction of sp³-hybridized carbons (Fsp3) is 0.357. The van der Waals surface area contributed by atoms with Crippen LogP contribution in [-0.4, -0.2) is 16.9 Å². The lowest BCUT2D eigenvalue weighted by atomic mass is 9.99. The van der Waals surface area contributed by atoms with E-state index >= 15 is 0 Å². The number of aryl methyl sites for hydroxylation is 4. The Balaban J connectivity index is 2.78. The Kier molecular flexibility index (Phi) is 3.03. The fourth-order valence-electron chi connectivity index (χ4n) is 2.42. The largest absolute Gasteiger partial charge is 0.496 e. The summed E-state index contributed by atoms with van der Waals surface area (Å²) >= 11 is 0. The maximum atomic E-state index is 6.10. The molecular formula is C14H19N3O. The molecule has 0 atom stereocenters. The molecule has 0 amide bonds. The van der Waals surface area contributed by atoms with E-state index in [0.29, 0.717) is 5.82 Å². The lowest BCUT2D eigenvalue weighted by molar-refractivity contribution is 0.413. The molecule has 0 saturated heterocycles.